The normalized spacial score (nSPS) is 16.4. The molecule has 3 aromatic rings. The highest BCUT2D eigenvalue weighted by Crippen LogP contribution is 2.50. The number of phenolic OH excluding ortho intramolecular Hbond substituents is 1. The first-order chi connectivity index (χ1) is 13.6. The van der Waals surface area contributed by atoms with Crippen molar-refractivity contribution in [2.45, 2.75) is 32.7 Å². The first-order valence-electron chi connectivity index (χ1n) is 9.17. The van der Waals surface area contributed by atoms with E-state index in [0.717, 1.165) is 17.5 Å². The van der Waals surface area contributed by atoms with Crippen LogP contribution in [0.2, 0.25) is 0 Å². The number of nitrogens with zero attached hydrogens (tertiary/aromatic N) is 2. The van der Waals surface area contributed by atoms with Gasteiger partial charge < -0.3 is 19.6 Å². The molecule has 0 aliphatic heterocycles. The first kappa shape index (κ1) is 19.2. The predicted molar refractivity (Wildman–Crippen MR) is 103 cm³/mol. The van der Waals surface area contributed by atoms with Gasteiger partial charge in [-0.15, -0.1) is 0 Å². The van der Waals surface area contributed by atoms with Crippen LogP contribution in [0.25, 0.3) is 16.8 Å². The first-order valence-corrected chi connectivity index (χ1v) is 9.17. The molecule has 1 aromatic carbocycles. The van der Waals surface area contributed by atoms with Crippen molar-refractivity contribution in [3.63, 3.8) is 0 Å². The van der Waals surface area contributed by atoms with Crippen LogP contribution in [-0.2, 0) is 4.74 Å². The second-order valence-corrected chi connectivity index (χ2v) is 8.24. The smallest absolute Gasteiger partial charge is 0.407 e. The van der Waals surface area contributed by atoms with Gasteiger partial charge >= 0.3 is 6.09 Å². The minimum atomic E-state index is -1.28. The number of alkyl carbamates (subject to hydrolysis) is 1. The zero-order chi connectivity index (χ0) is 21.1. The summed E-state index contributed by atoms with van der Waals surface area (Å²) >= 11 is 0. The number of benzene rings is 1. The van der Waals surface area contributed by atoms with Crippen molar-refractivity contribution < 1.29 is 23.4 Å². The Morgan fingerprint density at radius 3 is 2.66 bits per heavy atom. The molecule has 6 nitrogen and oxygen atoms in total. The van der Waals surface area contributed by atoms with Crippen LogP contribution in [-0.4, -0.2) is 33.7 Å². The summed E-state index contributed by atoms with van der Waals surface area (Å²) in [6.07, 6.45) is 1.22. The highest BCUT2D eigenvalue weighted by atomic mass is 19.2. The molecule has 2 heterocycles. The third-order valence-corrected chi connectivity index (χ3v) is 5.29. The van der Waals surface area contributed by atoms with Gasteiger partial charge in [-0.05, 0) is 29.7 Å². The molecule has 1 aliphatic carbocycles. The van der Waals surface area contributed by atoms with Crippen molar-refractivity contribution in [3.8, 4) is 16.9 Å². The number of nitrogens with one attached hydrogen (secondary N) is 1. The van der Waals surface area contributed by atoms with E-state index in [4.69, 9.17) is 4.74 Å². The molecule has 4 rings (SSSR count). The van der Waals surface area contributed by atoms with E-state index in [-0.39, 0.29) is 22.9 Å². The number of carbonyl (C=O) groups is 1. The molecule has 0 spiro atoms. The Kier molecular flexibility index (Phi) is 4.25. The number of imidazole rings is 1. The molecule has 2 atom stereocenters. The number of halogens is 2. The number of hydrogen-bond acceptors (Lipinski definition) is 4. The fourth-order valence-electron chi connectivity index (χ4n) is 3.75. The number of fused-ring (bicyclic) bond motifs is 3. The van der Waals surface area contributed by atoms with Crippen LogP contribution >= 0.6 is 0 Å². The number of pyridine rings is 1. The number of phenols is 1. The molecule has 1 aliphatic rings. The number of methoxy groups -OCH3 is 1. The minimum Gasteiger partial charge on any atom is -0.504 e. The lowest BCUT2D eigenvalue weighted by atomic mass is 9.83. The molecule has 2 unspecified atom stereocenters. The molecule has 0 fully saturated rings. The van der Waals surface area contributed by atoms with Crippen LogP contribution in [0.5, 0.6) is 5.75 Å². The molecule has 2 N–H and O–H groups in total. The summed E-state index contributed by atoms with van der Waals surface area (Å²) in [4.78, 5) is 16.4. The van der Waals surface area contributed by atoms with Crippen LogP contribution in [0.1, 0.15) is 38.1 Å². The standard InChI is InChI=1S/C21H21F2N3O3/c1-21(2,3)19(25-20(28)29-4)14-16-17(14)26-9-10(5-8-13(26)24-16)11-6-7-12(22)15(23)18(11)27/h5-9,14,19,27H,1-4H3,(H,25,28). The van der Waals surface area contributed by atoms with Crippen LogP contribution < -0.4 is 5.32 Å². The SMILES string of the molecule is COC(=O)NC(C1c2nc3ccc(-c4ccc(F)c(F)c4O)cn3c21)C(C)(C)C. The summed E-state index contributed by atoms with van der Waals surface area (Å²) in [6, 6.07) is 5.52. The predicted octanol–water partition coefficient (Wildman–Crippen LogP) is 4.20. The van der Waals surface area contributed by atoms with Gasteiger partial charge in [0.1, 0.15) is 5.65 Å². The molecule has 29 heavy (non-hydrogen) atoms. The van der Waals surface area contributed by atoms with E-state index in [0.29, 0.717) is 11.2 Å². The van der Waals surface area contributed by atoms with E-state index < -0.39 is 23.5 Å². The molecule has 0 bridgehead atoms. The highest BCUT2D eigenvalue weighted by molar-refractivity contribution is 5.73. The van der Waals surface area contributed by atoms with E-state index in [1.807, 2.05) is 25.2 Å². The summed E-state index contributed by atoms with van der Waals surface area (Å²) in [5.41, 5.74) is 2.95. The van der Waals surface area contributed by atoms with E-state index in [9.17, 15) is 18.7 Å². The maximum absolute atomic E-state index is 13.8. The minimum absolute atomic E-state index is 0.0830. The molecule has 0 saturated heterocycles. The topological polar surface area (TPSA) is 75.9 Å². The number of aromatic hydroxyl groups is 1. The Morgan fingerprint density at radius 1 is 1.28 bits per heavy atom. The number of aromatic nitrogens is 2. The van der Waals surface area contributed by atoms with Gasteiger partial charge in [0, 0.05) is 17.3 Å². The van der Waals surface area contributed by atoms with Gasteiger partial charge in [0.15, 0.2) is 11.6 Å². The van der Waals surface area contributed by atoms with Crippen molar-refractivity contribution in [3.05, 3.63) is 53.5 Å². The fraction of sp³-hybridized carbons (Fsp3) is 0.333. The largest absolute Gasteiger partial charge is 0.504 e. The van der Waals surface area contributed by atoms with Gasteiger partial charge in [-0.2, -0.15) is 4.39 Å². The van der Waals surface area contributed by atoms with Crippen LogP contribution in [0, 0.1) is 17.0 Å². The molecule has 2 aromatic heterocycles. The lowest BCUT2D eigenvalue weighted by Gasteiger charge is -2.31. The van der Waals surface area contributed by atoms with Crippen LogP contribution in [0.4, 0.5) is 13.6 Å². The maximum atomic E-state index is 13.8. The third-order valence-electron chi connectivity index (χ3n) is 5.29. The Morgan fingerprint density at radius 2 is 2.00 bits per heavy atom. The van der Waals surface area contributed by atoms with Gasteiger partial charge in [0.2, 0.25) is 5.82 Å². The summed E-state index contributed by atoms with van der Waals surface area (Å²) in [5, 5.41) is 12.9. The van der Waals surface area contributed by atoms with Crippen molar-refractivity contribution in [1.29, 1.82) is 0 Å². The molecular weight excluding hydrogens is 380 g/mol. The number of ether oxygens (including phenoxy) is 1. The molecule has 8 heteroatoms. The van der Waals surface area contributed by atoms with Crippen LogP contribution in [0.15, 0.2) is 30.5 Å². The molecule has 152 valence electrons. The summed E-state index contributed by atoms with van der Waals surface area (Å²) in [5.74, 6) is -3.21. The van der Waals surface area contributed by atoms with Gasteiger partial charge in [-0.1, -0.05) is 20.8 Å². The zero-order valence-electron chi connectivity index (χ0n) is 16.5. The van der Waals surface area contributed by atoms with Gasteiger partial charge in [0.05, 0.1) is 30.5 Å². The molecule has 0 saturated carbocycles. The van der Waals surface area contributed by atoms with E-state index >= 15 is 0 Å². The Balaban J connectivity index is 1.74. The molecular formula is C21H21F2N3O3. The van der Waals surface area contributed by atoms with Gasteiger partial charge in [-0.25, -0.2) is 14.2 Å². The fourth-order valence-corrected chi connectivity index (χ4v) is 3.75. The molecule has 0 radical (unpaired) electrons. The summed E-state index contributed by atoms with van der Waals surface area (Å²) in [6.45, 7) is 6.05. The third kappa shape index (κ3) is 3.08. The van der Waals surface area contributed by atoms with Gasteiger partial charge in [-0.3, -0.25) is 0 Å². The quantitative estimate of drug-likeness (QED) is 0.690. The number of carbonyl (C=O) groups excluding carboxylic acids is 1. The number of amides is 1. The van der Waals surface area contributed by atoms with E-state index in [1.165, 1.54) is 13.2 Å². The zero-order valence-corrected chi connectivity index (χ0v) is 16.5. The van der Waals surface area contributed by atoms with Crippen molar-refractivity contribution >= 4 is 11.7 Å². The Bertz CT molecular complexity index is 1130. The van der Waals surface area contributed by atoms with Crippen LogP contribution in [0.3, 0.4) is 0 Å². The number of rotatable bonds is 3. The van der Waals surface area contributed by atoms with E-state index in [2.05, 4.69) is 10.3 Å². The lowest BCUT2D eigenvalue weighted by Crippen LogP contribution is -2.45. The monoisotopic (exact) mass is 401 g/mol. The van der Waals surface area contributed by atoms with Gasteiger partial charge in [0.25, 0.3) is 0 Å². The highest BCUT2D eigenvalue weighted by Gasteiger charge is 2.50. The maximum Gasteiger partial charge on any atom is 0.407 e. The van der Waals surface area contributed by atoms with E-state index in [1.54, 1.807) is 18.3 Å². The van der Waals surface area contributed by atoms with Crippen molar-refractivity contribution in [2.24, 2.45) is 5.41 Å². The number of hydrogen-bond donors (Lipinski definition) is 2. The summed E-state index contributed by atoms with van der Waals surface area (Å²) in [7, 11) is 1.32. The molecule has 1 amide bonds. The Labute approximate surface area is 166 Å². The summed E-state index contributed by atoms with van der Waals surface area (Å²) < 4.78 is 33.7. The second kappa shape index (κ2) is 6.43. The average molecular weight is 401 g/mol. The van der Waals surface area contributed by atoms with Crippen molar-refractivity contribution in [1.82, 2.24) is 14.7 Å². The average Bonchev–Trinajstić information content (AvgIpc) is 3.23. The lowest BCUT2D eigenvalue weighted by molar-refractivity contribution is 0.152. The Hall–Kier alpha value is -3.16. The van der Waals surface area contributed by atoms with Crippen molar-refractivity contribution in [2.75, 3.05) is 7.11 Å². The second-order valence-electron chi connectivity index (χ2n) is 8.24.